The third kappa shape index (κ3) is 4.38. The van der Waals surface area contributed by atoms with E-state index in [1.165, 1.54) is 70.6 Å². The first-order valence-electron chi connectivity index (χ1n) is 18.9. The van der Waals surface area contributed by atoms with Crippen LogP contribution in [0.25, 0.3) is 70.0 Å². The van der Waals surface area contributed by atoms with Gasteiger partial charge in [-0.2, -0.15) is 0 Å². The Kier molecular flexibility index (Phi) is 6.45. The van der Waals surface area contributed by atoms with Crippen LogP contribution in [0.5, 0.6) is 0 Å². The summed E-state index contributed by atoms with van der Waals surface area (Å²) in [6, 6.07) is 54.0. The molecule has 54 heavy (non-hydrogen) atoms. The fourth-order valence-corrected chi connectivity index (χ4v) is 10.3. The summed E-state index contributed by atoms with van der Waals surface area (Å²) in [6.07, 6.45) is 0. The van der Waals surface area contributed by atoms with Gasteiger partial charge >= 0.3 is 0 Å². The van der Waals surface area contributed by atoms with Crippen molar-refractivity contribution in [3.05, 3.63) is 162 Å². The summed E-state index contributed by atoms with van der Waals surface area (Å²) < 4.78 is 3.73. The Bertz CT molecular complexity index is 3100. The minimum absolute atomic E-state index is 0.0661. The Morgan fingerprint density at radius 3 is 2.07 bits per heavy atom. The molecule has 4 heteroatoms. The van der Waals surface area contributed by atoms with Crippen molar-refractivity contribution in [1.82, 2.24) is 9.38 Å². The lowest BCUT2D eigenvalue weighted by atomic mass is 9.82. The van der Waals surface area contributed by atoms with Gasteiger partial charge in [0.05, 0.1) is 26.8 Å². The summed E-state index contributed by atoms with van der Waals surface area (Å²) >= 11 is 1.80. The smallest absolute Gasteiger partial charge is 0.124 e. The monoisotopic (exact) mass is 713 g/mol. The zero-order chi connectivity index (χ0) is 36.5. The number of nitrogens with zero attached hydrogens (tertiary/aromatic N) is 3. The summed E-state index contributed by atoms with van der Waals surface area (Å²) in [5.74, 6) is 0. The van der Waals surface area contributed by atoms with E-state index >= 15 is 0 Å². The fourth-order valence-electron chi connectivity index (χ4n) is 9.16. The topological polar surface area (TPSA) is 20.5 Å². The van der Waals surface area contributed by atoms with Crippen LogP contribution < -0.4 is 4.90 Å². The number of hydrogen-bond acceptors (Lipinski definition) is 3. The van der Waals surface area contributed by atoms with Gasteiger partial charge in [-0.05, 0) is 87.8 Å². The number of thiazole rings is 1. The first-order chi connectivity index (χ1) is 26.2. The lowest BCUT2D eigenvalue weighted by molar-refractivity contribution is 0.590. The Morgan fingerprint density at radius 2 is 1.26 bits per heavy atom. The largest absolute Gasteiger partial charge is 0.310 e. The number of para-hydroxylation sites is 1. The summed E-state index contributed by atoms with van der Waals surface area (Å²) in [7, 11) is 0. The van der Waals surface area contributed by atoms with Crippen molar-refractivity contribution >= 4 is 76.7 Å². The van der Waals surface area contributed by atoms with Gasteiger partial charge in [0.25, 0.3) is 0 Å². The Morgan fingerprint density at radius 1 is 0.593 bits per heavy atom. The molecule has 3 aromatic heterocycles. The molecule has 7 aromatic carbocycles. The number of hydrogen-bond donors (Lipinski definition) is 0. The number of aromatic nitrogens is 2. The van der Waals surface area contributed by atoms with E-state index in [4.69, 9.17) is 4.98 Å². The average molecular weight is 714 g/mol. The molecule has 0 saturated carbocycles. The molecular formula is C50H39N3S. The molecule has 0 bridgehead atoms. The maximum Gasteiger partial charge on any atom is 0.124 e. The summed E-state index contributed by atoms with van der Waals surface area (Å²) in [5.41, 5.74) is 16.1. The normalized spacial score (nSPS) is 13.8. The molecule has 1 aliphatic carbocycles. The molecule has 0 aliphatic heterocycles. The SMILES string of the molecule is CC(C)(C)c1ccc(N(c2ccc3c(c2)C(C)(C)c2ccccc2-3)c2ccc3c(c2)c2cc4nc(-c5ccccc5)sc4c4c5ccccc5n3c24)cc1. The molecule has 0 atom stereocenters. The summed E-state index contributed by atoms with van der Waals surface area (Å²) in [5, 5.41) is 6.11. The van der Waals surface area contributed by atoms with Crippen molar-refractivity contribution in [3.8, 4) is 21.7 Å². The summed E-state index contributed by atoms with van der Waals surface area (Å²) in [6.45, 7) is 11.6. The van der Waals surface area contributed by atoms with Gasteiger partial charge in [0, 0.05) is 49.6 Å². The number of benzene rings is 7. The van der Waals surface area contributed by atoms with E-state index in [9.17, 15) is 0 Å². The molecule has 0 radical (unpaired) electrons. The third-order valence-electron chi connectivity index (χ3n) is 11.9. The standard InChI is InChI=1S/C50H39N3S/c1-49(2,3)31-19-21-32(22-20-31)52(34-23-25-36-35-15-9-11-17-40(35)50(4,5)41(36)28-34)33-24-26-44-38(27-33)39-29-42-47(54-48(51-42)30-13-7-6-8-14-30)45-37-16-10-12-18-43(37)53(44)46(39)45/h6-29H,1-5H3. The molecule has 10 aromatic rings. The molecule has 11 rings (SSSR count). The quantitative estimate of drug-likeness (QED) is 0.181. The molecule has 0 saturated heterocycles. The van der Waals surface area contributed by atoms with Gasteiger partial charge < -0.3 is 9.30 Å². The highest BCUT2D eigenvalue weighted by molar-refractivity contribution is 7.22. The van der Waals surface area contributed by atoms with Crippen molar-refractivity contribution in [1.29, 1.82) is 0 Å². The highest BCUT2D eigenvalue weighted by Gasteiger charge is 2.36. The molecule has 3 heterocycles. The minimum atomic E-state index is -0.0978. The van der Waals surface area contributed by atoms with Crippen LogP contribution in [-0.2, 0) is 10.8 Å². The van der Waals surface area contributed by atoms with E-state index in [1.54, 1.807) is 11.3 Å². The minimum Gasteiger partial charge on any atom is -0.310 e. The fraction of sp³-hybridized carbons (Fsp3) is 0.140. The molecule has 260 valence electrons. The number of fused-ring (bicyclic) bond motifs is 11. The van der Waals surface area contributed by atoms with Crippen LogP contribution in [0, 0.1) is 0 Å². The Labute approximate surface area is 319 Å². The first-order valence-corrected chi connectivity index (χ1v) is 19.7. The van der Waals surface area contributed by atoms with E-state index in [0.717, 1.165) is 33.1 Å². The van der Waals surface area contributed by atoms with Crippen LogP contribution >= 0.6 is 11.3 Å². The van der Waals surface area contributed by atoms with Crippen molar-refractivity contribution in [2.75, 3.05) is 4.90 Å². The van der Waals surface area contributed by atoms with E-state index in [2.05, 4.69) is 190 Å². The van der Waals surface area contributed by atoms with Crippen LogP contribution in [0.1, 0.15) is 51.3 Å². The van der Waals surface area contributed by atoms with Crippen molar-refractivity contribution in [2.45, 2.75) is 45.4 Å². The van der Waals surface area contributed by atoms with Crippen LogP contribution in [0.3, 0.4) is 0 Å². The van der Waals surface area contributed by atoms with E-state index in [0.29, 0.717) is 0 Å². The molecule has 0 unspecified atom stereocenters. The molecule has 0 spiro atoms. The van der Waals surface area contributed by atoms with Crippen molar-refractivity contribution in [2.24, 2.45) is 0 Å². The Hall–Kier alpha value is -5.97. The second-order valence-electron chi connectivity index (χ2n) is 16.5. The average Bonchev–Trinajstić information content (AvgIpc) is 3.91. The zero-order valence-electron chi connectivity index (χ0n) is 31.1. The van der Waals surface area contributed by atoms with Crippen LogP contribution in [0.2, 0.25) is 0 Å². The van der Waals surface area contributed by atoms with Crippen molar-refractivity contribution < 1.29 is 0 Å². The predicted molar refractivity (Wildman–Crippen MR) is 231 cm³/mol. The van der Waals surface area contributed by atoms with E-state index in [-0.39, 0.29) is 10.8 Å². The number of rotatable bonds is 4. The van der Waals surface area contributed by atoms with Gasteiger partial charge in [0.15, 0.2) is 0 Å². The lowest BCUT2D eigenvalue weighted by Crippen LogP contribution is -2.17. The molecule has 3 nitrogen and oxygen atoms in total. The molecule has 0 fully saturated rings. The van der Waals surface area contributed by atoms with Gasteiger partial charge in [-0.1, -0.05) is 126 Å². The van der Waals surface area contributed by atoms with Crippen LogP contribution in [-0.4, -0.2) is 9.38 Å². The highest BCUT2D eigenvalue weighted by Crippen LogP contribution is 2.51. The molecular weight excluding hydrogens is 675 g/mol. The van der Waals surface area contributed by atoms with Gasteiger partial charge in [0.2, 0.25) is 0 Å². The lowest BCUT2D eigenvalue weighted by Gasteiger charge is -2.29. The molecule has 0 N–H and O–H groups in total. The number of anilines is 3. The van der Waals surface area contributed by atoms with E-state index < -0.39 is 0 Å². The van der Waals surface area contributed by atoms with Gasteiger partial charge in [-0.25, -0.2) is 4.98 Å². The third-order valence-corrected chi connectivity index (χ3v) is 13.0. The van der Waals surface area contributed by atoms with Gasteiger partial charge in [-0.15, -0.1) is 11.3 Å². The van der Waals surface area contributed by atoms with Gasteiger partial charge in [0.1, 0.15) is 5.01 Å². The van der Waals surface area contributed by atoms with Crippen LogP contribution in [0.4, 0.5) is 17.1 Å². The van der Waals surface area contributed by atoms with E-state index in [1.807, 2.05) is 0 Å². The van der Waals surface area contributed by atoms with Crippen LogP contribution in [0.15, 0.2) is 146 Å². The predicted octanol–water partition coefficient (Wildman–Crippen LogP) is 14.2. The summed E-state index contributed by atoms with van der Waals surface area (Å²) in [4.78, 5) is 7.72. The Balaban J connectivity index is 1.16. The van der Waals surface area contributed by atoms with Gasteiger partial charge in [-0.3, -0.25) is 0 Å². The highest BCUT2D eigenvalue weighted by atomic mass is 32.1. The second-order valence-corrected chi connectivity index (χ2v) is 17.5. The van der Waals surface area contributed by atoms with Crippen molar-refractivity contribution in [3.63, 3.8) is 0 Å². The maximum atomic E-state index is 5.27. The molecule has 1 aliphatic rings. The zero-order valence-corrected chi connectivity index (χ0v) is 31.9. The maximum absolute atomic E-state index is 5.27. The molecule has 0 amide bonds. The second kappa shape index (κ2) is 11.0. The first kappa shape index (κ1) is 31.5.